The van der Waals surface area contributed by atoms with Crippen molar-refractivity contribution in [3.63, 3.8) is 0 Å². The Morgan fingerprint density at radius 3 is 2.60 bits per heavy atom. The topological polar surface area (TPSA) is 171 Å². The Labute approximate surface area is 264 Å². The van der Waals surface area contributed by atoms with E-state index in [9.17, 15) is 19.2 Å². The molecule has 3 aliphatic rings. The number of aromatic nitrogens is 6. The second-order valence-electron chi connectivity index (χ2n) is 11.6. The number of nitrogens with zero attached hydrogens (tertiary/aromatic N) is 7. The van der Waals surface area contributed by atoms with Crippen LogP contribution < -0.4 is 5.32 Å². The Bertz CT molecular complexity index is 1910. The maximum Gasteiger partial charge on any atom is 0.508 e. The van der Waals surface area contributed by atoms with E-state index in [4.69, 9.17) is 9.47 Å². The van der Waals surface area contributed by atoms with Crippen molar-refractivity contribution in [2.24, 2.45) is 5.41 Å². The molecule has 7 rings (SSSR count). The number of halogens is 1. The van der Waals surface area contributed by atoms with Crippen LogP contribution >= 0.6 is 15.9 Å². The minimum absolute atomic E-state index is 0.0593. The molecule has 4 atom stereocenters. The molecule has 3 fully saturated rings. The summed E-state index contributed by atoms with van der Waals surface area (Å²) in [4.78, 5) is 71.2. The summed E-state index contributed by atoms with van der Waals surface area (Å²) >= 11 is 3.34. The minimum Gasteiger partial charge on any atom is -0.430 e. The van der Waals surface area contributed by atoms with Crippen molar-refractivity contribution in [3.8, 4) is 11.3 Å². The number of rotatable bonds is 7. The van der Waals surface area contributed by atoms with Crippen molar-refractivity contribution in [2.75, 3.05) is 11.9 Å². The average Bonchev–Trinajstić information content (AvgIpc) is 3.28. The smallest absolute Gasteiger partial charge is 0.430 e. The summed E-state index contributed by atoms with van der Waals surface area (Å²) < 4.78 is 12.5. The van der Waals surface area contributed by atoms with Crippen LogP contribution in [0.1, 0.15) is 41.6 Å². The number of carbonyl (C=O) groups is 4. The number of Topliss-reactive ketones (excluding diaryl/α,β-unsaturated/α-hetero) is 1. The van der Waals surface area contributed by atoms with Crippen molar-refractivity contribution in [2.45, 2.75) is 58.3 Å². The number of ketones is 1. The van der Waals surface area contributed by atoms with Crippen LogP contribution in [0.3, 0.4) is 0 Å². The third kappa shape index (κ3) is 5.00. The van der Waals surface area contributed by atoms with Gasteiger partial charge in [0.05, 0.1) is 17.4 Å². The van der Waals surface area contributed by atoms with Crippen LogP contribution in [0.15, 0.2) is 41.4 Å². The lowest BCUT2D eigenvalue weighted by molar-refractivity contribution is -0.138. The first-order valence-corrected chi connectivity index (χ1v) is 15.1. The summed E-state index contributed by atoms with van der Waals surface area (Å²) in [5, 5.41) is 7.90. The van der Waals surface area contributed by atoms with Gasteiger partial charge in [-0.05, 0) is 60.3 Å². The Morgan fingerprint density at radius 2 is 1.89 bits per heavy atom. The molecule has 0 spiro atoms. The quantitative estimate of drug-likeness (QED) is 0.173. The maximum absolute atomic E-state index is 14.1. The van der Waals surface area contributed by atoms with Gasteiger partial charge in [-0.1, -0.05) is 6.07 Å². The van der Waals surface area contributed by atoms with E-state index in [0.717, 1.165) is 5.56 Å². The van der Waals surface area contributed by atoms with Crippen molar-refractivity contribution in [3.05, 3.63) is 58.5 Å². The van der Waals surface area contributed by atoms with Crippen LogP contribution in [0.2, 0.25) is 0 Å². The highest BCUT2D eigenvalue weighted by Gasteiger charge is 2.72. The predicted molar refractivity (Wildman–Crippen MR) is 161 cm³/mol. The van der Waals surface area contributed by atoms with Gasteiger partial charge in [-0.25, -0.2) is 19.7 Å². The van der Waals surface area contributed by atoms with Gasteiger partial charge in [0, 0.05) is 41.7 Å². The van der Waals surface area contributed by atoms with E-state index in [1.165, 1.54) is 11.6 Å². The van der Waals surface area contributed by atoms with Crippen molar-refractivity contribution >= 4 is 56.4 Å². The molecule has 0 radical (unpaired) electrons. The maximum atomic E-state index is 14.1. The molecule has 15 heteroatoms. The number of amides is 2. The van der Waals surface area contributed by atoms with Gasteiger partial charge in [0.1, 0.15) is 47.2 Å². The number of hydrogen-bond acceptors (Lipinski definition) is 11. The summed E-state index contributed by atoms with van der Waals surface area (Å²) in [5.41, 5.74) is 2.05. The van der Waals surface area contributed by atoms with Crippen LogP contribution in [-0.4, -0.2) is 83.2 Å². The largest absolute Gasteiger partial charge is 0.508 e. The number of nitrogens with one attached hydrogen (secondary N) is 1. The molecule has 230 valence electrons. The van der Waals surface area contributed by atoms with E-state index < -0.39 is 29.6 Å². The fraction of sp³-hybridized carbons (Fsp3) is 0.367. The van der Waals surface area contributed by atoms with E-state index in [2.05, 4.69) is 46.3 Å². The fourth-order valence-corrected chi connectivity index (χ4v) is 6.71. The lowest BCUT2D eigenvalue weighted by Crippen LogP contribution is -2.47. The Kier molecular flexibility index (Phi) is 6.87. The van der Waals surface area contributed by atoms with E-state index >= 15 is 0 Å². The Morgan fingerprint density at radius 1 is 1.11 bits per heavy atom. The van der Waals surface area contributed by atoms with Crippen LogP contribution in [0, 0.1) is 19.3 Å². The highest BCUT2D eigenvalue weighted by atomic mass is 79.9. The van der Waals surface area contributed by atoms with Gasteiger partial charge in [-0.3, -0.25) is 24.0 Å². The Hall–Kier alpha value is -4.79. The van der Waals surface area contributed by atoms with E-state index in [-0.39, 0.29) is 43.0 Å². The van der Waals surface area contributed by atoms with Gasteiger partial charge < -0.3 is 19.7 Å². The molecule has 0 aromatic carbocycles. The van der Waals surface area contributed by atoms with Crippen molar-refractivity contribution in [1.29, 1.82) is 0 Å². The summed E-state index contributed by atoms with van der Waals surface area (Å²) in [5.74, 6) is -0.0691. The zero-order chi connectivity index (χ0) is 31.6. The number of ether oxygens (including phenoxy) is 2. The normalized spacial score (nSPS) is 23.4. The summed E-state index contributed by atoms with van der Waals surface area (Å²) in [7, 11) is 0. The zero-order valence-electron chi connectivity index (χ0n) is 24.5. The first-order chi connectivity index (χ1) is 21.5. The van der Waals surface area contributed by atoms with Gasteiger partial charge in [0.2, 0.25) is 11.8 Å². The average molecular weight is 675 g/mol. The third-order valence-electron chi connectivity index (χ3n) is 8.78. The second kappa shape index (κ2) is 10.7. The first-order valence-electron chi connectivity index (χ1n) is 14.3. The first kappa shape index (κ1) is 29.0. The highest BCUT2D eigenvalue weighted by molar-refractivity contribution is 9.10. The number of aryl methyl sites for hydroxylation is 2. The van der Waals surface area contributed by atoms with Crippen LogP contribution in [0.25, 0.3) is 22.2 Å². The molecule has 1 N–H and O–H groups in total. The Balaban J connectivity index is 1.21. The van der Waals surface area contributed by atoms with Gasteiger partial charge in [0.15, 0.2) is 5.78 Å². The van der Waals surface area contributed by atoms with Gasteiger partial charge >= 0.3 is 6.16 Å². The molecule has 14 nitrogen and oxygen atoms in total. The van der Waals surface area contributed by atoms with Crippen molar-refractivity contribution < 1.29 is 28.7 Å². The predicted octanol–water partition coefficient (Wildman–Crippen LogP) is 3.40. The molecule has 4 aromatic heterocycles. The molecule has 2 aliphatic heterocycles. The number of likely N-dealkylation sites (tertiary alicyclic amines) is 1. The molecule has 4 aromatic rings. The minimum atomic E-state index is -0.865. The zero-order valence-corrected chi connectivity index (χ0v) is 26.1. The lowest BCUT2D eigenvalue weighted by Gasteiger charge is -2.27. The molecule has 6 heterocycles. The molecule has 1 aliphatic carbocycles. The molecule has 1 saturated carbocycles. The molecule has 2 saturated heterocycles. The molecular formula is C30H27BrN8O6. The van der Waals surface area contributed by atoms with Gasteiger partial charge in [-0.15, -0.1) is 0 Å². The summed E-state index contributed by atoms with van der Waals surface area (Å²) in [6, 6.07) is 4.10. The van der Waals surface area contributed by atoms with E-state index in [1.807, 2.05) is 13.0 Å². The number of fused-ring (bicyclic) bond motifs is 2. The molecule has 2 amide bonds. The van der Waals surface area contributed by atoms with E-state index in [0.29, 0.717) is 44.8 Å². The fourth-order valence-electron chi connectivity index (χ4n) is 6.40. The van der Waals surface area contributed by atoms with Crippen LogP contribution in [0.5, 0.6) is 0 Å². The summed E-state index contributed by atoms with van der Waals surface area (Å²) in [6.07, 6.45) is 4.36. The van der Waals surface area contributed by atoms with Crippen molar-refractivity contribution in [1.82, 2.24) is 34.6 Å². The van der Waals surface area contributed by atoms with Gasteiger partial charge in [-0.2, -0.15) is 5.10 Å². The number of hydrogen-bond donors (Lipinski definition) is 1. The summed E-state index contributed by atoms with van der Waals surface area (Å²) in [6.45, 7) is 4.82. The van der Waals surface area contributed by atoms with Crippen LogP contribution in [-0.2, 0) is 25.6 Å². The molecule has 0 bridgehead atoms. The number of anilines is 1. The molecule has 2 unspecified atom stereocenters. The number of piperidine rings is 1. The lowest BCUT2D eigenvalue weighted by atomic mass is 9.93. The van der Waals surface area contributed by atoms with Gasteiger partial charge in [0.25, 0.3) is 0 Å². The SMILES string of the molecule is CC(=O)c1nn(CC(=O)N2C3C[C@]3(C3COC(=O)O3)C[C@H]2C(=O)Nc2nc(Br)ccc2C)c2cnc(-c3cnc(C)nc3)cc12. The number of pyridine rings is 2. The molecule has 45 heavy (non-hydrogen) atoms. The third-order valence-corrected chi connectivity index (χ3v) is 9.22. The monoisotopic (exact) mass is 674 g/mol. The van der Waals surface area contributed by atoms with Crippen LogP contribution in [0.4, 0.5) is 10.6 Å². The standard InChI is InChI=1S/C30H27BrN8O6/c1-14-4-5-24(31)35-27(14)36-28(42)20-7-30(23-13-44-29(43)45-23)8-22(30)39(20)25(41)12-38-21-11-34-19(17-9-32-16(3)33-10-17)6-18(21)26(37-38)15(2)40/h4-6,9-11,20,22-23H,7-8,12-13H2,1-3H3,(H,35,36,42)/t20-,22?,23?,30+/m0/s1. The molecular weight excluding hydrogens is 648 g/mol. The van der Waals surface area contributed by atoms with E-state index in [1.54, 1.807) is 42.5 Å². The number of carbonyl (C=O) groups excluding carboxylic acids is 4. The number of cyclic esters (lactones) is 2. The second-order valence-corrected chi connectivity index (χ2v) is 12.4. The highest BCUT2D eigenvalue weighted by Crippen LogP contribution is 2.63.